The van der Waals surface area contributed by atoms with Crippen molar-refractivity contribution < 1.29 is 24.8 Å². The molecule has 0 saturated heterocycles. The van der Waals surface area contributed by atoms with Gasteiger partial charge in [-0.1, -0.05) is 0 Å². The van der Waals surface area contributed by atoms with E-state index >= 15 is 0 Å². The first-order chi connectivity index (χ1) is 11.8. The second kappa shape index (κ2) is 6.96. The molecule has 0 spiro atoms. The number of rotatable bonds is 6. The first kappa shape index (κ1) is 18.2. The Labute approximate surface area is 155 Å². The Hall–Kier alpha value is -1.60. The molecule has 1 aromatic rings. The van der Waals surface area contributed by atoms with E-state index in [0.717, 1.165) is 12.8 Å². The smallest absolute Gasteiger partial charge is 0.201 e. The largest absolute Gasteiger partial charge is 0.504 e. The molecule has 2 aliphatic rings. The van der Waals surface area contributed by atoms with Crippen molar-refractivity contribution in [3.05, 3.63) is 30.7 Å². The van der Waals surface area contributed by atoms with E-state index in [1.807, 2.05) is 26.0 Å². The summed E-state index contributed by atoms with van der Waals surface area (Å²) in [5.74, 6) is 0.155. The Morgan fingerprint density at radius 3 is 2.00 bits per heavy atom. The molecular formula is C18H22O5S2. The Kier molecular flexibility index (Phi) is 5.06. The zero-order chi connectivity index (χ0) is 18.1. The SMILES string of the molecule is CC1(CSc2cc(O)c(O)c(O)c2SCC2(C)CC=CO2)CC=CO1. The molecule has 0 aromatic heterocycles. The van der Waals surface area contributed by atoms with Crippen LogP contribution in [0.1, 0.15) is 26.7 Å². The molecule has 1 aromatic carbocycles. The lowest BCUT2D eigenvalue weighted by Crippen LogP contribution is -2.26. The highest BCUT2D eigenvalue weighted by Crippen LogP contribution is 2.49. The van der Waals surface area contributed by atoms with Gasteiger partial charge in [-0.2, -0.15) is 0 Å². The van der Waals surface area contributed by atoms with Crippen LogP contribution in [-0.4, -0.2) is 38.0 Å². The highest BCUT2D eigenvalue weighted by atomic mass is 32.2. The minimum atomic E-state index is -0.493. The zero-order valence-electron chi connectivity index (χ0n) is 14.2. The van der Waals surface area contributed by atoms with Crippen LogP contribution in [-0.2, 0) is 9.47 Å². The second-order valence-electron chi connectivity index (χ2n) is 6.78. The van der Waals surface area contributed by atoms with Crippen LogP contribution in [0.25, 0.3) is 0 Å². The van der Waals surface area contributed by atoms with Gasteiger partial charge in [0, 0.05) is 29.2 Å². The van der Waals surface area contributed by atoms with Gasteiger partial charge in [0.2, 0.25) is 5.75 Å². The summed E-state index contributed by atoms with van der Waals surface area (Å²) in [6.45, 7) is 4.02. The Bertz CT molecular complexity index is 698. The number of hydrogen-bond donors (Lipinski definition) is 3. The van der Waals surface area contributed by atoms with Crippen molar-refractivity contribution in [1.29, 1.82) is 0 Å². The summed E-state index contributed by atoms with van der Waals surface area (Å²) < 4.78 is 11.3. The molecule has 2 aliphatic heterocycles. The lowest BCUT2D eigenvalue weighted by molar-refractivity contribution is 0.0872. The number of aromatic hydroxyl groups is 3. The van der Waals surface area contributed by atoms with E-state index in [9.17, 15) is 15.3 Å². The summed E-state index contributed by atoms with van der Waals surface area (Å²) in [6.07, 6.45) is 8.95. The quantitative estimate of drug-likeness (QED) is 0.498. The Morgan fingerprint density at radius 2 is 1.48 bits per heavy atom. The van der Waals surface area contributed by atoms with Crippen LogP contribution >= 0.6 is 23.5 Å². The fourth-order valence-electron chi connectivity index (χ4n) is 2.61. The van der Waals surface area contributed by atoms with Gasteiger partial charge in [0.1, 0.15) is 11.2 Å². The van der Waals surface area contributed by atoms with Crippen LogP contribution < -0.4 is 0 Å². The summed E-state index contributed by atoms with van der Waals surface area (Å²) in [5, 5.41) is 30.1. The molecule has 0 bridgehead atoms. The second-order valence-corrected chi connectivity index (χ2v) is 8.79. The van der Waals surface area contributed by atoms with Crippen molar-refractivity contribution in [2.75, 3.05) is 11.5 Å². The Balaban J connectivity index is 1.78. The van der Waals surface area contributed by atoms with E-state index in [1.165, 1.54) is 29.6 Å². The Morgan fingerprint density at radius 1 is 0.920 bits per heavy atom. The van der Waals surface area contributed by atoms with Gasteiger partial charge in [0.05, 0.1) is 17.4 Å². The summed E-state index contributed by atoms with van der Waals surface area (Å²) in [6, 6.07) is 1.49. The molecule has 7 heteroatoms. The van der Waals surface area contributed by atoms with Crippen molar-refractivity contribution in [2.45, 2.75) is 47.7 Å². The number of thioether (sulfide) groups is 2. The van der Waals surface area contributed by atoms with Crippen molar-refractivity contribution in [1.82, 2.24) is 0 Å². The van der Waals surface area contributed by atoms with E-state index in [0.29, 0.717) is 21.3 Å². The number of benzene rings is 1. The van der Waals surface area contributed by atoms with Crippen molar-refractivity contribution in [3.8, 4) is 17.2 Å². The molecule has 3 N–H and O–H groups in total. The third kappa shape index (κ3) is 3.98. The van der Waals surface area contributed by atoms with E-state index in [4.69, 9.17) is 9.47 Å². The van der Waals surface area contributed by atoms with Gasteiger partial charge < -0.3 is 24.8 Å². The molecule has 0 aliphatic carbocycles. The molecule has 3 rings (SSSR count). The van der Waals surface area contributed by atoms with E-state index in [2.05, 4.69) is 0 Å². The maximum Gasteiger partial charge on any atom is 0.201 e. The average Bonchev–Trinajstić information content (AvgIpc) is 3.20. The van der Waals surface area contributed by atoms with Crippen LogP contribution in [0.5, 0.6) is 17.2 Å². The number of phenols is 3. The lowest BCUT2D eigenvalue weighted by atomic mass is 10.1. The van der Waals surface area contributed by atoms with E-state index in [1.54, 1.807) is 12.5 Å². The van der Waals surface area contributed by atoms with E-state index in [-0.39, 0.29) is 22.7 Å². The van der Waals surface area contributed by atoms with E-state index < -0.39 is 5.75 Å². The third-order valence-corrected chi connectivity index (χ3v) is 7.20. The van der Waals surface area contributed by atoms with Crippen LogP contribution in [0.15, 0.2) is 40.5 Å². The normalized spacial score (nSPS) is 27.4. The van der Waals surface area contributed by atoms with Crippen LogP contribution in [0.4, 0.5) is 0 Å². The predicted octanol–water partition coefficient (Wildman–Crippen LogP) is 4.37. The summed E-state index contributed by atoms with van der Waals surface area (Å²) in [4.78, 5) is 1.26. The number of ether oxygens (including phenoxy) is 2. The first-order valence-corrected chi connectivity index (χ1v) is 9.98. The minimum Gasteiger partial charge on any atom is -0.504 e. The number of hydrogen-bond acceptors (Lipinski definition) is 7. The van der Waals surface area contributed by atoms with Crippen LogP contribution in [0.3, 0.4) is 0 Å². The molecule has 0 fully saturated rings. The molecule has 2 unspecified atom stereocenters. The van der Waals surface area contributed by atoms with Crippen LogP contribution in [0.2, 0.25) is 0 Å². The molecule has 2 heterocycles. The molecular weight excluding hydrogens is 360 g/mol. The standard InChI is InChI=1S/C18H22O5S2/c1-17(5-3-7-22-17)10-24-13-9-12(19)14(20)15(21)16(13)25-11-18(2)6-4-8-23-18/h3-4,7-9,19-21H,5-6,10-11H2,1-2H3. The lowest BCUT2D eigenvalue weighted by Gasteiger charge is -2.25. The maximum atomic E-state index is 10.3. The zero-order valence-corrected chi connectivity index (χ0v) is 15.8. The molecule has 0 radical (unpaired) electrons. The third-order valence-electron chi connectivity index (χ3n) is 4.23. The van der Waals surface area contributed by atoms with Gasteiger partial charge in [-0.25, -0.2) is 0 Å². The minimum absolute atomic E-state index is 0.294. The van der Waals surface area contributed by atoms with Gasteiger partial charge in [-0.05, 0) is 32.1 Å². The first-order valence-electron chi connectivity index (χ1n) is 8.01. The van der Waals surface area contributed by atoms with Crippen molar-refractivity contribution >= 4 is 23.5 Å². The summed E-state index contributed by atoms with van der Waals surface area (Å²) in [7, 11) is 0. The predicted molar refractivity (Wildman–Crippen MR) is 99.4 cm³/mol. The molecule has 136 valence electrons. The van der Waals surface area contributed by atoms with Crippen molar-refractivity contribution in [3.63, 3.8) is 0 Å². The molecule has 0 saturated carbocycles. The molecule has 25 heavy (non-hydrogen) atoms. The monoisotopic (exact) mass is 382 g/mol. The van der Waals surface area contributed by atoms with Gasteiger partial charge in [-0.3, -0.25) is 0 Å². The van der Waals surface area contributed by atoms with Gasteiger partial charge >= 0.3 is 0 Å². The van der Waals surface area contributed by atoms with Crippen LogP contribution in [0, 0.1) is 0 Å². The highest BCUT2D eigenvalue weighted by molar-refractivity contribution is 8.02. The van der Waals surface area contributed by atoms with Gasteiger partial charge in [0.25, 0.3) is 0 Å². The highest BCUT2D eigenvalue weighted by Gasteiger charge is 2.31. The molecule has 2 atom stereocenters. The fraction of sp³-hybridized carbons (Fsp3) is 0.444. The fourth-order valence-corrected chi connectivity index (χ4v) is 5.10. The topological polar surface area (TPSA) is 79.2 Å². The molecule has 5 nitrogen and oxygen atoms in total. The number of phenolic OH excluding ortho intramolecular Hbond substituents is 3. The van der Waals surface area contributed by atoms with Crippen molar-refractivity contribution in [2.24, 2.45) is 0 Å². The van der Waals surface area contributed by atoms with Gasteiger partial charge in [-0.15, -0.1) is 23.5 Å². The molecule has 0 amide bonds. The summed E-state index contributed by atoms with van der Waals surface area (Å²) >= 11 is 2.90. The summed E-state index contributed by atoms with van der Waals surface area (Å²) in [5.41, 5.74) is -0.642. The van der Waals surface area contributed by atoms with Gasteiger partial charge in [0.15, 0.2) is 11.5 Å². The average molecular weight is 383 g/mol. The maximum absolute atomic E-state index is 10.3.